The van der Waals surface area contributed by atoms with Crippen molar-refractivity contribution in [1.82, 2.24) is 14.4 Å². The van der Waals surface area contributed by atoms with Gasteiger partial charge < -0.3 is 29.5 Å². The van der Waals surface area contributed by atoms with Gasteiger partial charge in [-0.1, -0.05) is 26.1 Å². The summed E-state index contributed by atoms with van der Waals surface area (Å²) in [4.78, 5) is 28.1. The molecule has 2 aromatic rings. The molecule has 3 heterocycles. The van der Waals surface area contributed by atoms with Crippen molar-refractivity contribution in [2.75, 3.05) is 0 Å². The second-order valence-corrected chi connectivity index (χ2v) is 11.5. The third-order valence-corrected chi connectivity index (χ3v) is 8.89. The van der Waals surface area contributed by atoms with Crippen LogP contribution in [0, 0.1) is 10.5 Å². The fourth-order valence-corrected chi connectivity index (χ4v) is 5.31. The first-order valence-corrected chi connectivity index (χ1v) is 12.7. The van der Waals surface area contributed by atoms with Crippen LogP contribution in [0.25, 0.3) is 5.78 Å². The van der Waals surface area contributed by atoms with Crippen LogP contribution in [-0.2, 0) is 13.8 Å². The lowest BCUT2D eigenvalue weighted by Crippen LogP contribution is -2.40. The Kier molecular flexibility index (Phi) is 7.53. The molecule has 0 aromatic carbocycles. The molecule has 4 unspecified atom stereocenters. The molecule has 2 aromatic heterocycles. The van der Waals surface area contributed by atoms with Crippen molar-refractivity contribution in [3.63, 3.8) is 0 Å². The van der Waals surface area contributed by atoms with E-state index in [0.29, 0.717) is 0 Å². The molecule has 14 heteroatoms. The number of nitrogens with one attached hydrogen (secondary N) is 1. The first-order chi connectivity index (χ1) is 15.6. The van der Waals surface area contributed by atoms with Crippen molar-refractivity contribution in [3.05, 3.63) is 38.8 Å². The molecule has 7 atom stereocenters. The summed E-state index contributed by atoms with van der Waals surface area (Å²) in [6, 6.07) is 0. The minimum Gasteiger partial charge on any atom is -0.388 e. The van der Waals surface area contributed by atoms with Gasteiger partial charge in [0, 0.05) is 18.2 Å². The fraction of sp³-hybridized carbons (Fsp3) is 0.650. The number of H-pyrrole nitrogens is 1. The standard InChI is InChI=1S/C20H29FN3O8PS/c1-5-19(3,32-33(29,30)20(4,28)6-2)7-12-13(25)14(26)15(31-12)10-8-24-9-11(21)16(27)22-18(24)23-17(10)34/h8-9,12-15,25-26,28H,5-7H2,1-4H3,(H,29,30)(H,22,23,27,34)/t12-,13?,14+,15+,19?,20?/m1/s1. The van der Waals surface area contributed by atoms with E-state index in [9.17, 15) is 34.0 Å². The van der Waals surface area contributed by atoms with Gasteiger partial charge >= 0.3 is 7.60 Å². The molecule has 1 fully saturated rings. The van der Waals surface area contributed by atoms with Crippen LogP contribution in [0.1, 0.15) is 58.6 Å². The van der Waals surface area contributed by atoms with Gasteiger partial charge in [0.25, 0.3) is 5.56 Å². The average molecular weight is 522 g/mol. The number of aromatic amines is 1. The summed E-state index contributed by atoms with van der Waals surface area (Å²) in [6.45, 7) is 6.00. The highest BCUT2D eigenvalue weighted by Crippen LogP contribution is 2.59. The highest BCUT2D eigenvalue weighted by atomic mass is 32.1. The van der Waals surface area contributed by atoms with E-state index in [1.54, 1.807) is 20.8 Å². The number of hydrogen-bond donors (Lipinski definition) is 5. The molecular formula is C20H29FN3O8PS. The SMILES string of the molecule is CCC(C)(C[C@H]1O[C@@H](c2cn3cc(F)c(=O)[nH]c3nc2=S)[C@@H](O)C1O)OP(=O)(O)C(C)(O)CC. The molecule has 1 aliphatic heterocycles. The summed E-state index contributed by atoms with van der Waals surface area (Å²) < 4.78 is 38.9. The van der Waals surface area contributed by atoms with Crippen LogP contribution in [0.4, 0.5) is 4.39 Å². The number of rotatable bonds is 8. The zero-order valence-electron chi connectivity index (χ0n) is 19.1. The summed E-state index contributed by atoms with van der Waals surface area (Å²) in [5.74, 6) is -1.07. The Bertz CT molecular complexity index is 1240. The van der Waals surface area contributed by atoms with Crippen molar-refractivity contribution < 1.29 is 38.4 Å². The number of aliphatic hydroxyl groups is 3. The number of hydrogen-bond acceptors (Lipinski definition) is 9. The third-order valence-electron chi connectivity index (χ3n) is 6.34. The number of aliphatic hydroxyl groups excluding tert-OH is 2. The largest absolute Gasteiger partial charge is 0.388 e. The van der Waals surface area contributed by atoms with Crippen LogP contribution in [0.2, 0.25) is 0 Å². The van der Waals surface area contributed by atoms with Crippen LogP contribution in [0.3, 0.4) is 0 Å². The van der Waals surface area contributed by atoms with E-state index in [4.69, 9.17) is 21.5 Å². The number of ether oxygens (including phenoxy) is 1. The third kappa shape index (κ3) is 5.02. The Balaban J connectivity index is 1.89. The normalized spacial score (nSPS) is 28.4. The van der Waals surface area contributed by atoms with Gasteiger partial charge in [-0.3, -0.25) is 18.7 Å². The van der Waals surface area contributed by atoms with Crippen LogP contribution < -0.4 is 5.56 Å². The maximum absolute atomic E-state index is 13.7. The highest BCUT2D eigenvalue weighted by molar-refractivity contribution is 7.71. The van der Waals surface area contributed by atoms with E-state index in [0.717, 1.165) is 6.20 Å². The first kappa shape index (κ1) is 27.0. The van der Waals surface area contributed by atoms with Gasteiger partial charge in [-0.15, -0.1) is 0 Å². The van der Waals surface area contributed by atoms with Gasteiger partial charge in [-0.2, -0.15) is 4.39 Å². The number of aromatic nitrogens is 3. The molecule has 34 heavy (non-hydrogen) atoms. The van der Waals surface area contributed by atoms with Crippen molar-refractivity contribution in [2.45, 2.75) is 82.3 Å². The molecule has 190 valence electrons. The molecule has 11 nitrogen and oxygen atoms in total. The van der Waals surface area contributed by atoms with Gasteiger partial charge in [0.05, 0.1) is 17.9 Å². The van der Waals surface area contributed by atoms with Crippen LogP contribution in [0.15, 0.2) is 17.2 Å². The molecular weight excluding hydrogens is 492 g/mol. The van der Waals surface area contributed by atoms with E-state index in [1.807, 2.05) is 0 Å². The quantitative estimate of drug-likeness (QED) is 0.256. The number of fused-ring (bicyclic) bond motifs is 1. The monoisotopic (exact) mass is 521 g/mol. The fourth-order valence-electron chi connectivity index (χ4n) is 3.66. The van der Waals surface area contributed by atoms with Gasteiger partial charge in [0.15, 0.2) is 5.34 Å². The van der Waals surface area contributed by atoms with Crippen molar-refractivity contribution in [2.24, 2.45) is 0 Å². The van der Waals surface area contributed by atoms with Crippen molar-refractivity contribution in [1.29, 1.82) is 0 Å². The van der Waals surface area contributed by atoms with Gasteiger partial charge in [0.2, 0.25) is 11.6 Å². The molecule has 5 N–H and O–H groups in total. The van der Waals surface area contributed by atoms with Crippen LogP contribution in [0.5, 0.6) is 0 Å². The Labute approximate surface area is 199 Å². The molecule has 0 bridgehead atoms. The Morgan fingerprint density at radius 2 is 1.94 bits per heavy atom. The minimum atomic E-state index is -4.48. The van der Waals surface area contributed by atoms with E-state index >= 15 is 0 Å². The summed E-state index contributed by atoms with van der Waals surface area (Å²) in [5, 5.41) is 29.6. The van der Waals surface area contributed by atoms with Crippen molar-refractivity contribution >= 4 is 25.6 Å². The number of halogens is 1. The molecule has 3 rings (SSSR count). The molecule has 0 amide bonds. The Morgan fingerprint density at radius 1 is 1.29 bits per heavy atom. The topological polar surface area (TPSA) is 167 Å². The second kappa shape index (κ2) is 9.47. The van der Waals surface area contributed by atoms with Crippen LogP contribution in [-0.4, -0.2) is 63.8 Å². The Hall–Kier alpha value is -1.57. The zero-order chi connectivity index (χ0) is 25.6. The lowest BCUT2D eigenvalue weighted by molar-refractivity contribution is -0.0532. The second-order valence-electron chi connectivity index (χ2n) is 8.93. The summed E-state index contributed by atoms with van der Waals surface area (Å²) >= 11 is 5.25. The van der Waals surface area contributed by atoms with E-state index < -0.39 is 54.3 Å². The predicted octanol–water partition coefficient (Wildman–Crippen LogP) is 1.93. The molecule has 0 aliphatic carbocycles. The van der Waals surface area contributed by atoms with E-state index in [2.05, 4.69) is 9.97 Å². The smallest absolute Gasteiger partial charge is 0.359 e. The van der Waals surface area contributed by atoms with Gasteiger partial charge in [-0.25, -0.2) is 4.98 Å². The van der Waals surface area contributed by atoms with Crippen LogP contribution >= 0.6 is 19.8 Å². The first-order valence-electron chi connectivity index (χ1n) is 10.7. The number of nitrogens with zero attached hydrogens (tertiary/aromatic N) is 2. The molecule has 0 saturated carbocycles. The lowest BCUT2D eigenvalue weighted by atomic mass is 9.92. The van der Waals surface area contributed by atoms with Gasteiger partial charge in [-0.05, 0) is 26.7 Å². The molecule has 0 radical (unpaired) electrons. The van der Waals surface area contributed by atoms with Crippen molar-refractivity contribution in [3.8, 4) is 0 Å². The molecule has 0 spiro atoms. The van der Waals surface area contributed by atoms with E-state index in [-0.39, 0.29) is 35.2 Å². The predicted molar refractivity (Wildman–Crippen MR) is 121 cm³/mol. The average Bonchev–Trinajstić information content (AvgIpc) is 3.02. The zero-order valence-corrected chi connectivity index (χ0v) is 20.8. The molecule has 1 aliphatic rings. The lowest BCUT2D eigenvalue weighted by Gasteiger charge is -2.37. The molecule has 1 saturated heterocycles. The minimum absolute atomic E-state index is 0.0154. The maximum Gasteiger partial charge on any atom is 0.359 e. The summed E-state index contributed by atoms with van der Waals surface area (Å²) in [5.41, 5.74) is -2.09. The highest BCUT2D eigenvalue weighted by Gasteiger charge is 2.50. The summed E-state index contributed by atoms with van der Waals surface area (Å²) in [6.07, 6.45) is -2.68. The van der Waals surface area contributed by atoms with E-state index in [1.165, 1.54) is 17.5 Å². The maximum atomic E-state index is 13.7. The summed E-state index contributed by atoms with van der Waals surface area (Å²) in [7, 11) is -4.48. The Morgan fingerprint density at radius 3 is 2.53 bits per heavy atom. The van der Waals surface area contributed by atoms with Gasteiger partial charge in [0.1, 0.15) is 23.0 Å².